The van der Waals surface area contributed by atoms with Gasteiger partial charge in [0.15, 0.2) is 0 Å². The van der Waals surface area contributed by atoms with Gasteiger partial charge in [-0.05, 0) is 13.3 Å². The van der Waals surface area contributed by atoms with E-state index in [-0.39, 0.29) is 0 Å². The number of hydrogen-bond donors (Lipinski definition) is 1. The number of anilines is 1. The fourth-order valence-corrected chi connectivity index (χ4v) is 1.26. The maximum atomic E-state index is 5.92. The van der Waals surface area contributed by atoms with Crippen molar-refractivity contribution >= 4 is 17.5 Å². The number of nitrogens with zero attached hydrogens (tertiary/aromatic N) is 2. The van der Waals surface area contributed by atoms with Gasteiger partial charge in [-0.1, -0.05) is 18.5 Å². The van der Waals surface area contributed by atoms with E-state index in [9.17, 15) is 0 Å². The molecule has 17 heavy (non-hydrogen) atoms. The lowest BCUT2D eigenvalue weighted by atomic mass is 10.5. The zero-order valence-electron chi connectivity index (χ0n) is 10.2. The first-order valence-electron chi connectivity index (χ1n) is 5.74. The third-order valence-electron chi connectivity index (χ3n) is 1.92. The number of hydrogen-bond acceptors (Lipinski definition) is 5. The minimum absolute atomic E-state index is 0.389. The van der Waals surface area contributed by atoms with Crippen LogP contribution in [-0.4, -0.2) is 36.3 Å². The number of nitrogens with one attached hydrogen (secondary N) is 1. The summed E-state index contributed by atoms with van der Waals surface area (Å²) in [4.78, 5) is 8.23. The van der Waals surface area contributed by atoms with Crippen LogP contribution in [0.4, 0.5) is 5.95 Å². The highest BCUT2D eigenvalue weighted by molar-refractivity contribution is 6.31. The van der Waals surface area contributed by atoms with Crippen molar-refractivity contribution in [2.75, 3.05) is 31.7 Å². The van der Waals surface area contributed by atoms with Crippen LogP contribution in [0, 0.1) is 0 Å². The molecule has 1 aromatic rings. The highest BCUT2D eigenvalue weighted by atomic mass is 35.5. The summed E-state index contributed by atoms with van der Waals surface area (Å²) in [6.45, 7) is 6.45. The van der Waals surface area contributed by atoms with Crippen LogP contribution in [0.15, 0.2) is 6.20 Å². The van der Waals surface area contributed by atoms with E-state index < -0.39 is 0 Å². The van der Waals surface area contributed by atoms with Gasteiger partial charge in [-0.2, -0.15) is 4.98 Å². The van der Waals surface area contributed by atoms with Gasteiger partial charge in [0, 0.05) is 13.2 Å². The zero-order valence-corrected chi connectivity index (χ0v) is 11.0. The summed E-state index contributed by atoms with van der Waals surface area (Å²) in [6, 6.07) is 0. The maximum Gasteiger partial charge on any atom is 0.237 e. The minimum atomic E-state index is 0.389. The van der Waals surface area contributed by atoms with Gasteiger partial charge in [-0.3, -0.25) is 0 Å². The van der Waals surface area contributed by atoms with E-state index in [1.807, 2.05) is 6.92 Å². The van der Waals surface area contributed by atoms with Crippen LogP contribution in [0.5, 0.6) is 5.88 Å². The largest absolute Gasteiger partial charge is 0.474 e. The molecule has 1 N–H and O–H groups in total. The molecule has 1 heterocycles. The normalized spacial score (nSPS) is 10.3. The van der Waals surface area contributed by atoms with Crippen LogP contribution >= 0.6 is 11.6 Å². The van der Waals surface area contributed by atoms with E-state index in [4.69, 9.17) is 21.1 Å². The van der Waals surface area contributed by atoms with Crippen molar-refractivity contribution in [2.24, 2.45) is 0 Å². The molecule has 0 atom stereocenters. The van der Waals surface area contributed by atoms with E-state index in [1.54, 1.807) is 0 Å². The van der Waals surface area contributed by atoms with Gasteiger partial charge in [-0.25, -0.2) is 4.98 Å². The molecule has 0 fully saturated rings. The Morgan fingerprint density at radius 2 is 2.18 bits per heavy atom. The molecule has 96 valence electrons. The third-order valence-corrected chi connectivity index (χ3v) is 2.17. The summed E-state index contributed by atoms with van der Waals surface area (Å²) in [7, 11) is 0. The summed E-state index contributed by atoms with van der Waals surface area (Å²) in [6.07, 6.45) is 2.54. The quantitative estimate of drug-likeness (QED) is 0.727. The molecule has 0 saturated heterocycles. The Kier molecular flexibility index (Phi) is 6.65. The molecule has 0 aliphatic heterocycles. The average Bonchev–Trinajstić information content (AvgIpc) is 2.35. The van der Waals surface area contributed by atoms with Gasteiger partial charge in [0.25, 0.3) is 0 Å². The van der Waals surface area contributed by atoms with E-state index >= 15 is 0 Å². The second-order valence-electron chi connectivity index (χ2n) is 3.32. The Hall–Kier alpha value is -1.07. The third kappa shape index (κ3) is 5.19. The summed E-state index contributed by atoms with van der Waals surface area (Å²) in [5.41, 5.74) is 0. The highest BCUT2D eigenvalue weighted by Gasteiger charge is 2.06. The predicted octanol–water partition coefficient (Wildman–Crippen LogP) is 2.37. The van der Waals surface area contributed by atoms with E-state index in [0.29, 0.717) is 36.7 Å². The van der Waals surface area contributed by atoms with E-state index in [2.05, 4.69) is 22.2 Å². The fourth-order valence-electron chi connectivity index (χ4n) is 1.12. The molecule has 0 aromatic carbocycles. The Labute approximate surface area is 107 Å². The molecule has 0 unspecified atom stereocenters. The van der Waals surface area contributed by atoms with Crippen molar-refractivity contribution < 1.29 is 9.47 Å². The zero-order chi connectivity index (χ0) is 12.5. The molecule has 0 bridgehead atoms. The Morgan fingerprint density at radius 3 is 2.88 bits per heavy atom. The maximum absolute atomic E-state index is 5.92. The Morgan fingerprint density at radius 1 is 1.35 bits per heavy atom. The van der Waals surface area contributed by atoms with E-state index in [0.717, 1.165) is 13.0 Å². The smallest absolute Gasteiger partial charge is 0.237 e. The highest BCUT2D eigenvalue weighted by Crippen LogP contribution is 2.21. The van der Waals surface area contributed by atoms with Crippen molar-refractivity contribution in [2.45, 2.75) is 20.3 Å². The van der Waals surface area contributed by atoms with Crippen molar-refractivity contribution in [3.63, 3.8) is 0 Å². The van der Waals surface area contributed by atoms with Gasteiger partial charge >= 0.3 is 0 Å². The van der Waals surface area contributed by atoms with Crippen LogP contribution in [0.3, 0.4) is 0 Å². The standard InChI is InChI=1S/C11H18ClN3O2/c1-3-5-13-11-14-8-9(12)10(15-11)17-7-6-16-4-2/h8H,3-7H2,1-2H3,(H,13,14,15). The Bertz CT molecular complexity index is 336. The second-order valence-corrected chi connectivity index (χ2v) is 3.73. The predicted molar refractivity (Wildman–Crippen MR) is 67.8 cm³/mol. The van der Waals surface area contributed by atoms with Crippen LogP contribution in [0.25, 0.3) is 0 Å². The summed E-state index contributed by atoms with van der Waals surface area (Å²) >= 11 is 5.92. The number of rotatable bonds is 8. The van der Waals surface area contributed by atoms with Crippen LogP contribution in [-0.2, 0) is 4.74 Å². The minimum Gasteiger partial charge on any atom is -0.474 e. The van der Waals surface area contributed by atoms with Crippen molar-refractivity contribution in [3.8, 4) is 5.88 Å². The lowest BCUT2D eigenvalue weighted by Crippen LogP contribution is -2.09. The molecular weight excluding hydrogens is 242 g/mol. The second kappa shape index (κ2) is 8.08. The molecule has 0 radical (unpaired) electrons. The topological polar surface area (TPSA) is 56.3 Å². The first-order valence-corrected chi connectivity index (χ1v) is 6.12. The number of halogens is 1. The lowest BCUT2D eigenvalue weighted by molar-refractivity contribution is 0.108. The molecule has 1 rings (SSSR count). The molecule has 0 amide bonds. The first kappa shape index (κ1) is 14.0. The number of aromatic nitrogens is 2. The molecule has 0 spiro atoms. The molecule has 5 nitrogen and oxygen atoms in total. The molecule has 6 heteroatoms. The number of ether oxygens (including phenoxy) is 2. The van der Waals surface area contributed by atoms with Crippen molar-refractivity contribution in [1.29, 1.82) is 0 Å². The van der Waals surface area contributed by atoms with Gasteiger partial charge in [0.05, 0.1) is 12.8 Å². The molecule has 0 saturated carbocycles. The monoisotopic (exact) mass is 259 g/mol. The first-order chi connectivity index (χ1) is 8.27. The van der Waals surface area contributed by atoms with Crippen LogP contribution in [0.2, 0.25) is 5.02 Å². The van der Waals surface area contributed by atoms with Gasteiger partial charge in [0.1, 0.15) is 11.6 Å². The average molecular weight is 260 g/mol. The van der Waals surface area contributed by atoms with Gasteiger partial charge in [0.2, 0.25) is 11.8 Å². The Balaban J connectivity index is 2.50. The van der Waals surface area contributed by atoms with Crippen LogP contribution < -0.4 is 10.1 Å². The SMILES string of the molecule is CCCNc1ncc(Cl)c(OCCOCC)n1. The summed E-state index contributed by atoms with van der Waals surface area (Å²) in [5.74, 6) is 0.919. The molecule has 0 aliphatic carbocycles. The molecule has 1 aromatic heterocycles. The van der Waals surface area contributed by atoms with Gasteiger partial charge < -0.3 is 14.8 Å². The summed E-state index contributed by atoms with van der Waals surface area (Å²) in [5, 5.41) is 3.48. The fraction of sp³-hybridized carbons (Fsp3) is 0.636. The van der Waals surface area contributed by atoms with Crippen molar-refractivity contribution in [3.05, 3.63) is 11.2 Å². The van der Waals surface area contributed by atoms with E-state index in [1.165, 1.54) is 6.20 Å². The lowest BCUT2D eigenvalue weighted by Gasteiger charge is -2.08. The van der Waals surface area contributed by atoms with Crippen LogP contribution in [0.1, 0.15) is 20.3 Å². The van der Waals surface area contributed by atoms with Gasteiger partial charge in [-0.15, -0.1) is 0 Å². The van der Waals surface area contributed by atoms with Crippen molar-refractivity contribution in [1.82, 2.24) is 9.97 Å². The molecule has 0 aliphatic rings. The molecular formula is C11H18ClN3O2. The summed E-state index contributed by atoms with van der Waals surface area (Å²) < 4.78 is 10.6.